The van der Waals surface area contributed by atoms with Gasteiger partial charge in [-0.15, -0.1) is 0 Å². The summed E-state index contributed by atoms with van der Waals surface area (Å²) in [6.07, 6.45) is 1.87. The number of aryl methyl sites for hydroxylation is 3. The van der Waals surface area contributed by atoms with E-state index in [9.17, 15) is 9.59 Å². The summed E-state index contributed by atoms with van der Waals surface area (Å²) < 4.78 is 6.41. The molecule has 0 saturated carbocycles. The Balaban J connectivity index is 2.53. The minimum Gasteiger partial charge on any atom is -0.317 e. The Morgan fingerprint density at radius 2 is 1.86 bits per heavy atom. The van der Waals surface area contributed by atoms with Gasteiger partial charge >= 0.3 is 5.69 Å². The molecule has 3 heterocycles. The lowest BCUT2D eigenvalue weighted by molar-refractivity contribution is 0.484. The van der Waals surface area contributed by atoms with E-state index in [2.05, 4.69) is 4.98 Å². The highest BCUT2D eigenvalue weighted by Crippen LogP contribution is 2.14. The molecule has 0 aliphatic carbocycles. The summed E-state index contributed by atoms with van der Waals surface area (Å²) in [7, 11) is 3.54. The van der Waals surface area contributed by atoms with Crippen molar-refractivity contribution in [1.29, 1.82) is 0 Å². The molecule has 0 spiro atoms. The second kappa shape index (κ2) is 4.34. The third kappa shape index (κ3) is 1.76. The van der Waals surface area contributed by atoms with Gasteiger partial charge in [0.2, 0.25) is 5.78 Å². The SMILES string of the molecule is Cc1cn2c3c(=O)n(CC(C)C)c(=O)n(C)c3nc2n1C. The van der Waals surface area contributed by atoms with E-state index in [1.54, 1.807) is 11.4 Å². The first kappa shape index (κ1) is 13.7. The van der Waals surface area contributed by atoms with E-state index in [0.29, 0.717) is 23.5 Å². The fourth-order valence-corrected chi connectivity index (χ4v) is 2.64. The molecule has 0 amide bonds. The molecule has 112 valence electrons. The molecule has 0 fully saturated rings. The van der Waals surface area contributed by atoms with Gasteiger partial charge in [-0.3, -0.25) is 18.3 Å². The Hall–Kier alpha value is -2.31. The van der Waals surface area contributed by atoms with Gasteiger partial charge in [-0.05, 0) is 12.8 Å². The van der Waals surface area contributed by atoms with Crippen LogP contribution in [-0.2, 0) is 20.6 Å². The summed E-state index contributed by atoms with van der Waals surface area (Å²) in [5.41, 5.74) is 1.29. The van der Waals surface area contributed by atoms with E-state index in [0.717, 1.165) is 5.69 Å². The van der Waals surface area contributed by atoms with Crippen molar-refractivity contribution in [3.63, 3.8) is 0 Å². The van der Waals surface area contributed by atoms with Gasteiger partial charge in [-0.2, -0.15) is 4.98 Å². The van der Waals surface area contributed by atoms with Crippen LogP contribution in [0, 0.1) is 12.8 Å². The number of hydrogen-bond acceptors (Lipinski definition) is 3. The van der Waals surface area contributed by atoms with Gasteiger partial charge in [-0.1, -0.05) is 13.8 Å². The molecule has 0 aliphatic rings. The summed E-state index contributed by atoms with van der Waals surface area (Å²) in [6.45, 7) is 6.32. The predicted molar refractivity (Wildman–Crippen MR) is 80.7 cm³/mol. The molecule has 3 rings (SSSR count). The Morgan fingerprint density at radius 3 is 2.48 bits per heavy atom. The molecule has 0 radical (unpaired) electrons. The molecule has 7 nitrogen and oxygen atoms in total. The molecule has 3 aromatic rings. The molecular weight excluding hydrogens is 270 g/mol. The van der Waals surface area contributed by atoms with Crippen LogP contribution in [0.4, 0.5) is 0 Å². The second-order valence-corrected chi connectivity index (χ2v) is 5.93. The summed E-state index contributed by atoms with van der Waals surface area (Å²) in [4.78, 5) is 29.5. The lowest BCUT2D eigenvalue weighted by atomic mass is 10.2. The van der Waals surface area contributed by atoms with Crippen LogP contribution in [0.3, 0.4) is 0 Å². The zero-order chi connectivity index (χ0) is 15.5. The minimum atomic E-state index is -0.318. The van der Waals surface area contributed by atoms with Crippen molar-refractivity contribution in [1.82, 2.24) is 23.1 Å². The van der Waals surface area contributed by atoms with E-state index in [-0.39, 0.29) is 17.2 Å². The van der Waals surface area contributed by atoms with Crippen LogP contribution in [0.2, 0.25) is 0 Å². The van der Waals surface area contributed by atoms with Crippen molar-refractivity contribution in [2.24, 2.45) is 20.0 Å². The Morgan fingerprint density at radius 1 is 1.19 bits per heavy atom. The van der Waals surface area contributed by atoms with Crippen molar-refractivity contribution in [2.45, 2.75) is 27.3 Å². The lowest BCUT2D eigenvalue weighted by Gasteiger charge is -2.09. The number of rotatable bonds is 2. The highest BCUT2D eigenvalue weighted by Gasteiger charge is 2.19. The molecule has 0 bridgehead atoms. The average Bonchev–Trinajstić information content (AvgIpc) is 2.91. The number of aromatic nitrogens is 5. The highest BCUT2D eigenvalue weighted by atomic mass is 16.2. The van der Waals surface area contributed by atoms with Crippen LogP contribution in [0.15, 0.2) is 15.8 Å². The summed E-state index contributed by atoms with van der Waals surface area (Å²) in [5.74, 6) is 0.880. The predicted octanol–water partition coefficient (Wildman–Crippen LogP) is 0.651. The Kier molecular flexibility index (Phi) is 2.82. The summed E-state index contributed by atoms with van der Waals surface area (Å²) in [5, 5.41) is 0. The van der Waals surface area contributed by atoms with E-state index >= 15 is 0 Å². The zero-order valence-corrected chi connectivity index (χ0v) is 12.9. The van der Waals surface area contributed by atoms with Crippen molar-refractivity contribution in [3.8, 4) is 0 Å². The summed E-state index contributed by atoms with van der Waals surface area (Å²) >= 11 is 0. The molecule has 0 aromatic carbocycles. The Labute approximate surface area is 121 Å². The first-order valence-corrected chi connectivity index (χ1v) is 6.96. The molecule has 21 heavy (non-hydrogen) atoms. The van der Waals surface area contributed by atoms with Crippen molar-refractivity contribution >= 4 is 16.9 Å². The Bertz CT molecular complexity index is 967. The molecule has 7 heteroatoms. The van der Waals surface area contributed by atoms with Crippen molar-refractivity contribution in [3.05, 3.63) is 32.7 Å². The molecular formula is C14H19N5O2. The van der Waals surface area contributed by atoms with E-state index < -0.39 is 0 Å². The minimum absolute atomic E-state index is 0.216. The average molecular weight is 289 g/mol. The maximum atomic E-state index is 12.7. The topological polar surface area (TPSA) is 66.2 Å². The van der Waals surface area contributed by atoms with Crippen molar-refractivity contribution < 1.29 is 0 Å². The van der Waals surface area contributed by atoms with Gasteiger partial charge in [-0.25, -0.2) is 4.79 Å². The van der Waals surface area contributed by atoms with Crippen molar-refractivity contribution in [2.75, 3.05) is 0 Å². The normalized spacial score (nSPS) is 12.1. The number of hydrogen-bond donors (Lipinski definition) is 0. The fourth-order valence-electron chi connectivity index (χ4n) is 2.64. The lowest BCUT2D eigenvalue weighted by Crippen LogP contribution is -2.40. The number of imidazole rings is 2. The molecule has 0 unspecified atom stereocenters. The van der Waals surface area contributed by atoms with Crippen LogP contribution < -0.4 is 11.2 Å². The first-order chi connectivity index (χ1) is 9.82. The second-order valence-electron chi connectivity index (χ2n) is 5.93. The van der Waals surface area contributed by atoms with Crippen LogP contribution in [-0.4, -0.2) is 23.1 Å². The monoisotopic (exact) mass is 289 g/mol. The van der Waals surface area contributed by atoms with Gasteiger partial charge < -0.3 is 4.57 Å². The zero-order valence-electron chi connectivity index (χ0n) is 12.9. The van der Waals surface area contributed by atoms with Gasteiger partial charge in [0.15, 0.2) is 11.2 Å². The van der Waals surface area contributed by atoms with Gasteiger partial charge in [0.25, 0.3) is 5.56 Å². The smallest absolute Gasteiger partial charge is 0.317 e. The molecule has 0 N–H and O–H groups in total. The number of fused-ring (bicyclic) bond motifs is 3. The van der Waals surface area contributed by atoms with Gasteiger partial charge in [0, 0.05) is 32.5 Å². The third-order valence-electron chi connectivity index (χ3n) is 3.85. The van der Waals surface area contributed by atoms with Crippen LogP contribution in [0.25, 0.3) is 16.9 Å². The van der Waals surface area contributed by atoms with Gasteiger partial charge in [0.05, 0.1) is 0 Å². The molecule has 3 aromatic heterocycles. The highest BCUT2D eigenvalue weighted by molar-refractivity contribution is 5.75. The van der Waals surface area contributed by atoms with E-state index in [1.165, 1.54) is 9.13 Å². The number of nitrogens with zero attached hydrogens (tertiary/aromatic N) is 5. The standard InChI is InChI=1S/C14H19N5O2/c1-8(2)6-19-12(20)10-11(17(5)14(19)21)15-13-16(4)9(3)7-18(10)13/h7-8H,6H2,1-5H3. The summed E-state index contributed by atoms with van der Waals surface area (Å²) in [6, 6.07) is 0. The van der Waals surface area contributed by atoms with Crippen LogP contribution in [0.5, 0.6) is 0 Å². The fraction of sp³-hybridized carbons (Fsp3) is 0.500. The molecule has 0 atom stereocenters. The maximum absolute atomic E-state index is 12.7. The first-order valence-electron chi connectivity index (χ1n) is 6.96. The largest absolute Gasteiger partial charge is 0.332 e. The van der Waals surface area contributed by atoms with Crippen LogP contribution >= 0.6 is 0 Å². The molecule has 0 saturated heterocycles. The quantitative estimate of drug-likeness (QED) is 0.696. The third-order valence-corrected chi connectivity index (χ3v) is 3.85. The van der Waals surface area contributed by atoms with E-state index in [4.69, 9.17) is 0 Å². The van der Waals surface area contributed by atoms with Crippen LogP contribution in [0.1, 0.15) is 19.5 Å². The molecule has 0 aliphatic heterocycles. The van der Waals surface area contributed by atoms with Gasteiger partial charge in [0.1, 0.15) is 0 Å². The maximum Gasteiger partial charge on any atom is 0.332 e. The van der Waals surface area contributed by atoms with E-state index in [1.807, 2.05) is 38.6 Å².